The zero-order valence-corrected chi connectivity index (χ0v) is 18.6. The van der Waals surface area contributed by atoms with Gasteiger partial charge in [0, 0.05) is 6.20 Å². The summed E-state index contributed by atoms with van der Waals surface area (Å²) in [6.07, 6.45) is 10.4. The van der Waals surface area contributed by atoms with E-state index in [1.165, 1.54) is 70.4 Å². The van der Waals surface area contributed by atoms with Crippen LogP contribution in [0.25, 0.3) is 0 Å². The predicted molar refractivity (Wildman–Crippen MR) is 116 cm³/mol. The molecule has 0 aromatic heterocycles. The molecular weight excluding hydrogens is 406 g/mol. The van der Waals surface area contributed by atoms with Gasteiger partial charge in [-0.25, -0.2) is 9.59 Å². The first-order valence-electron chi connectivity index (χ1n) is 11.4. The molecule has 0 aromatic carbocycles. The van der Waals surface area contributed by atoms with Crippen LogP contribution in [0.4, 0.5) is 0 Å². The van der Waals surface area contributed by atoms with E-state index in [4.69, 9.17) is 15.1 Å². The first kappa shape index (κ1) is 29.3. The van der Waals surface area contributed by atoms with Crippen LogP contribution in [-0.4, -0.2) is 61.9 Å². The second-order valence-electron chi connectivity index (χ2n) is 7.84. The Morgan fingerprint density at radius 1 is 0.774 bits per heavy atom. The van der Waals surface area contributed by atoms with Crippen LogP contribution >= 0.6 is 0 Å². The van der Waals surface area contributed by atoms with E-state index >= 15 is 0 Å². The van der Waals surface area contributed by atoms with Gasteiger partial charge >= 0.3 is 11.9 Å². The number of carboxylic acid groups (broad SMARTS) is 2. The maximum atomic E-state index is 11.1. The van der Waals surface area contributed by atoms with E-state index in [2.05, 4.69) is 12.4 Å². The molecule has 9 heteroatoms. The van der Waals surface area contributed by atoms with Gasteiger partial charge in [0.1, 0.15) is 12.2 Å². The number of allylic oxidation sites excluding steroid dienone is 1. The van der Waals surface area contributed by atoms with E-state index in [0.717, 1.165) is 19.3 Å². The first-order valence-corrected chi connectivity index (χ1v) is 11.4. The van der Waals surface area contributed by atoms with Crippen molar-refractivity contribution in [3.05, 3.63) is 12.3 Å². The quantitative estimate of drug-likeness (QED) is 0.115. The van der Waals surface area contributed by atoms with E-state index in [-0.39, 0.29) is 0 Å². The molecule has 0 rings (SSSR count). The molecule has 0 aliphatic heterocycles. The average Bonchev–Trinajstić information content (AvgIpc) is 2.74. The van der Waals surface area contributed by atoms with Gasteiger partial charge in [-0.1, -0.05) is 83.6 Å². The van der Waals surface area contributed by atoms with Crippen molar-refractivity contribution in [2.24, 2.45) is 0 Å². The Bertz CT molecular complexity index is 500. The fraction of sp³-hybridized carbons (Fsp3) is 0.818. The minimum Gasteiger partial charge on any atom is -0.479 e. The highest BCUT2D eigenvalue weighted by atomic mass is 16.7. The van der Waals surface area contributed by atoms with Crippen LogP contribution in [0.3, 0.4) is 0 Å². The number of nitrogens with one attached hydrogen (secondary N) is 1. The lowest BCUT2D eigenvalue weighted by molar-refractivity contribution is -0.184. The first-order chi connectivity index (χ1) is 14.8. The number of aliphatic hydroxyl groups is 3. The van der Waals surface area contributed by atoms with Crippen molar-refractivity contribution >= 4 is 11.9 Å². The number of aliphatic carboxylic acids is 2. The maximum absolute atomic E-state index is 11.1. The van der Waals surface area contributed by atoms with E-state index < -0.39 is 36.4 Å². The van der Waals surface area contributed by atoms with E-state index in [0.29, 0.717) is 0 Å². The average molecular weight is 448 g/mol. The molecule has 0 saturated heterocycles. The van der Waals surface area contributed by atoms with Gasteiger partial charge in [-0.15, -0.1) is 0 Å². The zero-order chi connectivity index (χ0) is 23.5. The number of hydroxylamine groups is 1. The summed E-state index contributed by atoms with van der Waals surface area (Å²) in [4.78, 5) is 26.5. The Balaban J connectivity index is 3.81. The number of carboxylic acids is 2. The van der Waals surface area contributed by atoms with Crippen molar-refractivity contribution in [1.29, 1.82) is 0 Å². The minimum absolute atomic E-state index is 0.772. The molecular formula is C22H41NO8. The van der Waals surface area contributed by atoms with Gasteiger partial charge in [0.15, 0.2) is 6.10 Å². The second-order valence-corrected chi connectivity index (χ2v) is 7.84. The number of aliphatic hydroxyl groups excluding tert-OH is 3. The fourth-order valence-corrected chi connectivity index (χ4v) is 3.13. The summed E-state index contributed by atoms with van der Waals surface area (Å²) >= 11 is 0. The maximum Gasteiger partial charge on any atom is 0.338 e. The van der Waals surface area contributed by atoms with Gasteiger partial charge in [0.25, 0.3) is 0 Å². The Morgan fingerprint density at radius 2 is 1.26 bits per heavy atom. The van der Waals surface area contributed by atoms with Crippen molar-refractivity contribution < 1.29 is 40.0 Å². The summed E-state index contributed by atoms with van der Waals surface area (Å²) in [5.74, 6) is -3.41. The van der Waals surface area contributed by atoms with Gasteiger partial charge in [0.2, 0.25) is 6.10 Å². The number of unbranched alkanes of at least 4 members (excludes halogenated alkanes) is 12. The smallest absolute Gasteiger partial charge is 0.338 e. The standard InChI is InChI=1S/C22H41NO8/c1-2-3-4-5-6-7-8-9-10-11-12-13-14-15-16-23-31-20(22(29)30)18(25)17(24)19(26)21(27)28/h15-20,23-26H,2-14H2,1H3,(H,27,28)(H,29,30)/b16-15+/t17-,18-,19-,20+/m0/s1. The van der Waals surface area contributed by atoms with Crippen molar-refractivity contribution in [1.82, 2.24) is 5.48 Å². The lowest BCUT2D eigenvalue weighted by Crippen LogP contribution is -2.52. The largest absolute Gasteiger partial charge is 0.479 e. The van der Waals surface area contributed by atoms with Crippen molar-refractivity contribution in [3.8, 4) is 0 Å². The van der Waals surface area contributed by atoms with Crippen LogP contribution in [-0.2, 0) is 14.4 Å². The van der Waals surface area contributed by atoms with Gasteiger partial charge in [-0.05, 0) is 12.8 Å². The molecule has 31 heavy (non-hydrogen) atoms. The summed E-state index contributed by atoms with van der Waals surface area (Å²) in [7, 11) is 0. The summed E-state index contributed by atoms with van der Waals surface area (Å²) in [5.41, 5.74) is 2.25. The van der Waals surface area contributed by atoms with Crippen molar-refractivity contribution in [3.63, 3.8) is 0 Å². The molecule has 0 bridgehead atoms. The van der Waals surface area contributed by atoms with Gasteiger partial charge in [-0.2, -0.15) is 0 Å². The topological polar surface area (TPSA) is 157 Å². The Labute approximate surface area is 185 Å². The Morgan fingerprint density at radius 3 is 1.71 bits per heavy atom. The van der Waals surface area contributed by atoms with Gasteiger partial charge in [-0.3, -0.25) is 10.3 Å². The normalized spacial score (nSPS) is 15.5. The third-order valence-electron chi connectivity index (χ3n) is 5.09. The van der Waals surface area contributed by atoms with Crippen LogP contribution in [0.1, 0.15) is 90.4 Å². The summed E-state index contributed by atoms with van der Waals surface area (Å²) in [6.45, 7) is 2.23. The van der Waals surface area contributed by atoms with Crippen LogP contribution in [0, 0.1) is 0 Å². The van der Waals surface area contributed by atoms with Gasteiger partial charge < -0.3 is 25.5 Å². The van der Waals surface area contributed by atoms with Crippen molar-refractivity contribution in [2.45, 2.75) is 115 Å². The van der Waals surface area contributed by atoms with E-state index in [9.17, 15) is 24.9 Å². The highest BCUT2D eigenvalue weighted by Crippen LogP contribution is 2.12. The van der Waals surface area contributed by atoms with Crippen LogP contribution in [0.15, 0.2) is 12.3 Å². The van der Waals surface area contributed by atoms with E-state index in [1.54, 1.807) is 6.08 Å². The fourth-order valence-electron chi connectivity index (χ4n) is 3.13. The highest BCUT2D eigenvalue weighted by Gasteiger charge is 2.39. The highest BCUT2D eigenvalue weighted by molar-refractivity contribution is 5.75. The minimum atomic E-state index is -2.33. The van der Waals surface area contributed by atoms with Gasteiger partial charge in [0.05, 0.1) is 0 Å². The molecule has 6 N–H and O–H groups in total. The SMILES string of the molecule is CCCCCCCCCCCCCC/C=C/NO[C@@H](C(=O)O)[C@@H](O)[C@H](O)[C@H](O)C(=O)O. The van der Waals surface area contributed by atoms with Crippen LogP contribution in [0.5, 0.6) is 0 Å². The van der Waals surface area contributed by atoms with Crippen LogP contribution < -0.4 is 5.48 Å². The zero-order valence-electron chi connectivity index (χ0n) is 18.6. The van der Waals surface area contributed by atoms with Crippen molar-refractivity contribution in [2.75, 3.05) is 0 Å². The predicted octanol–water partition coefficient (Wildman–Crippen LogP) is 2.73. The lowest BCUT2D eigenvalue weighted by atomic mass is 10.0. The number of hydrogen-bond donors (Lipinski definition) is 6. The summed E-state index contributed by atoms with van der Waals surface area (Å²) in [6, 6.07) is 0. The summed E-state index contributed by atoms with van der Waals surface area (Å²) < 4.78 is 0. The molecule has 0 unspecified atom stereocenters. The molecule has 0 aromatic rings. The lowest BCUT2D eigenvalue weighted by Gasteiger charge is -2.24. The number of rotatable bonds is 21. The second kappa shape index (κ2) is 19.0. The molecule has 9 nitrogen and oxygen atoms in total. The molecule has 4 atom stereocenters. The van der Waals surface area contributed by atoms with E-state index in [1.807, 2.05) is 0 Å². The Hall–Kier alpha value is -1.68. The van der Waals surface area contributed by atoms with Crippen LogP contribution in [0.2, 0.25) is 0 Å². The molecule has 0 aliphatic carbocycles. The summed E-state index contributed by atoms with van der Waals surface area (Å²) in [5, 5.41) is 46.2. The molecule has 0 heterocycles. The monoisotopic (exact) mass is 447 g/mol. The molecule has 0 fully saturated rings. The molecule has 0 radical (unpaired) electrons. The third kappa shape index (κ3) is 14.9. The molecule has 0 spiro atoms. The molecule has 0 amide bonds. The number of carbonyl (C=O) groups is 2. The number of hydrogen-bond acceptors (Lipinski definition) is 7. The molecule has 0 saturated carbocycles. The third-order valence-corrected chi connectivity index (χ3v) is 5.09. The molecule has 0 aliphatic rings. The Kier molecular flexibility index (Phi) is 18.0. The molecule has 182 valence electrons.